The van der Waals surface area contributed by atoms with Gasteiger partial charge in [0.2, 0.25) is 11.8 Å². The second-order valence-corrected chi connectivity index (χ2v) is 13.2. The molecule has 2 heterocycles. The minimum absolute atomic E-state index is 0.260. The first-order chi connectivity index (χ1) is 14.9. The molecule has 0 spiro atoms. The fourth-order valence-electron chi connectivity index (χ4n) is 6.28. The van der Waals surface area contributed by atoms with Gasteiger partial charge >= 0.3 is 0 Å². The maximum absolute atomic E-state index is 13.1. The third-order valence-electron chi connectivity index (χ3n) is 8.75. The molecule has 1 saturated carbocycles. The number of rotatable bonds is 4. The summed E-state index contributed by atoms with van der Waals surface area (Å²) in [6, 6.07) is 0. The molecule has 1 aliphatic carbocycles. The number of piperidine rings is 2. The molecule has 3 fully saturated rings. The summed E-state index contributed by atoms with van der Waals surface area (Å²) in [5.74, 6) is 3.37. The van der Waals surface area contributed by atoms with Crippen LogP contribution in [0.5, 0.6) is 0 Å². The molecular weight excluding hydrogens is 396 g/mol. The monoisotopic (exact) mass is 446 g/mol. The SMILES string of the molecule is CC(C)(C)C(=O)N1CCC(CCC2CCN(C(=O)C3CCC(C(C)(C)C)CC3)CC2)CC1. The average Bonchev–Trinajstić information content (AvgIpc) is 2.76. The highest BCUT2D eigenvalue weighted by Gasteiger charge is 2.35. The molecular formula is C28H50N2O2. The quantitative estimate of drug-likeness (QED) is 0.520. The lowest BCUT2D eigenvalue weighted by Gasteiger charge is -2.40. The Morgan fingerprint density at radius 3 is 1.50 bits per heavy atom. The van der Waals surface area contributed by atoms with Crippen molar-refractivity contribution in [1.29, 1.82) is 0 Å². The molecule has 0 radical (unpaired) electrons. The Bertz CT molecular complexity index is 621. The zero-order valence-corrected chi connectivity index (χ0v) is 21.9. The van der Waals surface area contributed by atoms with Gasteiger partial charge in [-0.05, 0) is 74.5 Å². The average molecular weight is 447 g/mol. The number of nitrogens with zero attached hydrogens (tertiary/aromatic N) is 2. The van der Waals surface area contributed by atoms with Crippen LogP contribution in [0.4, 0.5) is 0 Å². The van der Waals surface area contributed by atoms with E-state index >= 15 is 0 Å². The minimum Gasteiger partial charge on any atom is -0.342 e. The predicted octanol–water partition coefficient (Wildman–Crippen LogP) is 6.14. The fraction of sp³-hybridized carbons (Fsp3) is 0.929. The van der Waals surface area contributed by atoms with Crippen LogP contribution in [0, 0.1) is 34.5 Å². The highest BCUT2D eigenvalue weighted by Crippen LogP contribution is 2.40. The normalized spacial score (nSPS) is 26.9. The van der Waals surface area contributed by atoms with E-state index < -0.39 is 0 Å². The largest absolute Gasteiger partial charge is 0.342 e. The molecule has 0 atom stereocenters. The van der Waals surface area contributed by atoms with Gasteiger partial charge in [-0.3, -0.25) is 9.59 Å². The van der Waals surface area contributed by atoms with Gasteiger partial charge < -0.3 is 9.80 Å². The van der Waals surface area contributed by atoms with E-state index in [0.29, 0.717) is 17.2 Å². The predicted molar refractivity (Wildman–Crippen MR) is 132 cm³/mol. The van der Waals surface area contributed by atoms with Crippen molar-refractivity contribution in [3.63, 3.8) is 0 Å². The lowest BCUT2D eigenvalue weighted by atomic mass is 9.69. The zero-order valence-electron chi connectivity index (χ0n) is 21.9. The maximum Gasteiger partial charge on any atom is 0.227 e. The van der Waals surface area contributed by atoms with E-state index in [1.165, 1.54) is 38.5 Å². The van der Waals surface area contributed by atoms with Crippen LogP contribution in [-0.2, 0) is 9.59 Å². The van der Waals surface area contributed by atoms with E-state index in [9.17, 15) is 9.59 Å². The van der Waals surface area contributed by atoms with Crippen LogP contribution in [0.3, 0.4) is 0 Å². The molecule has 0 aromatic carbocycles. The fourth-order valence-corrected chi connectivity index (χ4v) is 6.28. The number of carbonyl (C=O) groups excluding carboxylic acids is 2. The second kappa shape index (κ2) is 10.5. The Labute approximate surface area is 197 Å². The molecule has 3 aliphatic rings. The van der Waals surface area contributed by atoms with E-state index in [4.69, 9.17) is 0 Å². The Balaban J connectivity index is 1.33. The smallest absolute Gasteiger partial charge is 0.227 e. The van der Waals surface area contributed by atoms with Gasteiger partial charge in [-0.15, -0.1) is 0 Å². The molecule has 4 heteroatoms. The third-order valence-corrected chi connectivity index (χ3v) is 8.75. The highest BCUT2D eigenvalue weighted by molar-refractivity contribution is 5.81. The molecule has 2 amide bonds. The van der Waals surface area contributed by atoms with Gasteiger partial charge in [0.25, 0.3) is 0 Å². The number of hydrogen-bond donors (Lipinski definition) is 0. The summed E-state index contributed by atoms with van der Waals surface area (Å²) in [4.78, 5) is 29.8. The summed E-state index contributed by atoms with van der Waals surface area (Å²) < 4.78 is 0. The molecule has 184 valence electrons. The number of carbonyl (C=O) groups is 2. The van der Waals surface area contributed by atoms with Crippen molar-refractivity contribution in [1.82, 2.24) is 9.80 Å². The van der Waals surface area contributed by atoms with E-state index in [1.54, 1.807) is 0 Å². The van der Waals surface area contributed by atoms with Gasteiger partial charge in [-0.2, -0.15) is 0 Å². The first-order valence-electron chi connectivity index (χ1n) is 13.5. The van der Waals surface area contributed by atoms with Gasteiger partial charge in [0.15, 0.2) is 0 Å². The summed E-state index contributed by atoms with van der Waals surface area (Å²) in [5, 5.41) is 0. The number of likely N-dealkylation sites (tertiary alicyclic amines) is 2. The van der Waals surface area contributed by atoms with Gasteiger partial charge in [0.05, 0.1) is 0 Å². The van der Waals surface area contributed by atoms with Crippen molar-refractivity contribution in [2.24, 2.45) is 34.5 Å². The molecule has 2 saturated heterocycles. The van der Waals surface area contributed by atoms with Crippen LogP contribution < -0.4 is 0 Å². The summed E-state index contributed by atoms with van der Waals surface area (Å²) >= 11 is 0. The summed E-state index contributed by atoms with van der Waals surface area (Å²) in [5.41, 5.74) is 0.120. The number of hydrogen-bond acceptors (Lipinski definition) is 2. The van der Waals surface area contributed by atoms with Crippen molar-refractivity contribution in [3.05, 3.63) is 0 Å². The third kappa shape index (κ3) is 6.73. The standard InChI is InChI=1S/C28H50N2O2/c1-27(2,3)24-11-9-23(10-12-24)25(31)29-17-13-21(14-18-29)7-8-22-15-19-30(20-16-22)26(32)28(4,5)6/h21-24H,7-20H2,1-6H3. The van der Waals surface area contributed by atoms with E-state index in [2.05, 4.69) is 30.6 Å². The number of amides is 2. The van der Waals surface area contributed by atoms with Gasteiger partial charge in [-0.25, -0.2) is 0 Å². The van der Waals surface area contributed by atoms with Crippen molar-refractivity contribution < 1.29 is 9.59 Å². The summed E-state index contributed by atoms with van der Waals surface area (Å²) in [6.45, 7) is 16.9. The molecule has 4 nitrogen and oxygen atoms in total. The van der Waals surface area contributed by atoms with Crippen molar-refractivity contribution in [3.8, 4) is 0 Å². The highest BCUT2D eigenvalue weighted by atomic mass is 16.2. The lowest BCUT2D eigenvalue weighted by Crippen LogP contribution is -2.44. The zero-order chi connectivity index (χ0) is 23.5. The van der Waals surface area contributed by atoms with Gasteiger partial charge in [0, 0.05) is 37.5 Å². The Morgan fingerprint density at radius 2 is 1.09 bits per heavy atom. The Kier molecular flexibility index (Phi) is 8.36. The molecule has 0 bridgehead atoms. The molecule has 0 unspecified atom stereocenters. The van der Waals surface area contributed by atoms with E-state index in [-0.39, 0.29) is 11.3 Å². The van der Waals surface area contributed by atoms with Crippen LogP contribution in [0.15, 0.2) is 0 Å². The van der Waals surface area contributed by atoms with Crippen LogP contribution in [-0.4, -0.2) is 47.8 Å². The lowest BCUT2D eigenvalue weighted by molar-refractivity contribution is -0.141. The molecule has 0 aromatic rings. The van der Waals surface area contributed by atoms with Crippen molar-refractivity contribution in [2.75, 3.05) is 26.2 Å². The molecule has 3 rings (SSSR count). The summed E-state index contributed by atoms with van der Waals surface area (Å²) in [6.07, 6.45) is 11.9. The van der Waals surface area contributed by atoms with Crippen LogP contribution >= 0.6 is 0 Å². The van der Waals surface area contributed by atoms with E-state index in [0.717, 1.165) is 69.6 Å². The van der Waals surface area contributed by atoms with Crippen LogP contribution in [0.25, 0.3) is 0 Å². The second-order valence-electron chi connectivity index (χ2n) is 13.2. The maximum atomic E-state index is 13.1. The van der Waals surface area contributed by atoms with E-state index in [1.807, 2.05) is 20.8 Å². The first-order valence-corrected chi connectivity index (χ1v) is 13.5. The van der Waals surface area contributed by atoms with Crippen molar-refractivity contribution >= 4 is 11.8 Å². The van der Waals surface area contributed by atoms with Crippen molar-refractivity contribution in [2.45, 2.75) is 106 Å². The molecule has 2 aliphatic heterocycles. The molecule has 0 N–H and O–H groups in total. The van der Waals surface area contributed by atoms with Gasteiger partial charge in [0.1, 0.15) is 0 Å². The summed E-state index contributed by atoms with van der Waals surface area (Å²) in [7, 11) is 0. The van der Waals surface area contributed by atoms with Crippen LogP contribution in [0.1, 0.15) is 106 Å². The topological polar surface area (TPSA) is 40.6 Å². The first kappa shape index (κ1) is 25.6. The minimum atomic E-state index is -0.260. The Hall–Kier alpha value is -1.06. The van der Waals surface area contributed by atoms with Gasteiger partial charge in [-0.1, -0.05) is 54.4 Å². The molecule has 32 heavy (non-hydrogen) atoms. The Morgan fingerprint density at radius 1 is 0.656 bits per heavy atom. The molecule has 0 aromatic heterocycles. The van der Waals surface area contributed by atoms with Crippen LogP contribution in [0.2, 0.25) is 0 Å².